The molecule has 0 fully saturated rings. The van der Waals surface area contributed by atoms with E-state index in [0.29, 0.717) is 11.4 Å². The third-order valence-corrected chi connectivity index (χ3v) is 3.63. The monoisotopic (exact) mass is 267 g/mol. The highest BCUT2D eigenvalue weighted by Gasteiger charge is 2.14. The molecule has 1 aromatic rings. The van der Waals surface area contributed by atoms with Gasteiger partial charge in [-0.1, -0.05) is 12.1 Å². The van der Waals surface area contributed by atoms with E-state index < -0.39 is 0 Å². The van der Waals surface area contributed by atoms with Crippen LogP contribution in [0.1, 0.15) is 6.92 Å². The van der Waals surface area contributed by atoms with Gasteiger partial charge < -0.3 is 16.0 Å². The van der Waals surface area contributed by atoms with Crippen LogP contribution in [0.25, 0.3) is 0 Å². The van der Waals surface area contributed by atoms with Crippen molar-refractivity contribution in [1.82, 2.24) is 4.90 Å². The lowest BCUT2D eigenvalue weighted by molar-refractivity contribution is -0.115. The van der Waals surface area contributed by atoms with Gasteiger partial charge in [-0.3, -0.25) is 4.79 Å². The summed E-state index contributed by atoms with van der Waals surface area (Å²) in [5, 5.41) is 2.77. The number of hydrogen-bond donors (Lipinski definition) is 2. The van der Waals surface area contributed by atoms with Crippen LogP contribution in [0, 0.1) is 0 Å². The van der Waals surface area contributed by atoms with Crippen molar-refractivity contribution in [3.8, 4) is 0 Å². The largest absolute Gasteiger partial charge is 0.397 e. The van der Waals surface area contributed by atoms with Crippen molar-refractivity contribution in [1.29, 1.82) is 0 Å². The van der Waals surface area contributed by atoms with E-state index in [4.69, 9.17) is 5.73 Å². The van der Waals surface area contributed by atoms with Crippen LogP contribution in [-0.2, 0) is 4.79 Å². The van der Waals surface area contributed by atoms with Crippen molar-refractivity contribution in [3.63, 3.8) is 0 Å². The minimum Gasteiger partial charge on any atom is -0.397 e. The highest BCUT2D eigenvalue weighted by Crippen LogP contribution is 2.19. The molecule has 1 amide bonds. The minimum atomic E-state index is -0.0791. The fraction of sp³-hybridized carbons (Fsp3) is 0.462. The van der Waals surface area contributed by atoms with Crippen LogP contribution in [0.3, 0.4) is 0 Å². The molecule has 100 valence electrons. The van der Waals surface area contributed by atoms with E-state index in [1.807, 2.05) is 39.2 Å². The molecule has 0 aliphatic carbocycles. The van der Waals surface area contributed by atoms with Crippen LogP contribution in [0.2, 0.25) is 0 Å². The van der Waals surface area contributed by atoms with E-state index in [1.54, 1.807) is 17.8 Å². The fourth-order valence-corrected chi connectivity index (χ4v) is 2.37. The maximum atomic E-state index is 11.9. The molecule has 0 aliphatic heterocycles. The molecule has 0 saturated carbocycles. The maximum absolute atomic E-state index is 11.9. The number of nitrogen functional groups attached to an aromatic ring is 1. The summed E-state index contributed by atoms with van der Waals surface area (Å²) in [6.07, 6.45) is 0. The second kappa shape index (κ2) is 7.28. The fourth-order valence-electron chi connectivity index (χ4n) is 1.33. The molecule has 18 heavy (non-hydrogen) atoms. The Kier molecular flexibility index (Phi) is 6.01. The predicted molar refractivity (Wildman–Crippen MR) is 80.0 cm³/mol. The molecule has 3 N–H and O–H groups in total. The third kappa shape index (κ3) is 4.98. The summed E-state index contributed by atoms with van der Waals surface area (Å²) in [5.74, 6) is 0.933. The van der Waals surface area contributed by atoms with Crippen LogP contribution in [-0.4, -0.2) is 42.4 Å². The van der Waals surface area contributed by atoms with E-state index in [-0.39, 0.29) is 11.2 Å². The summed E-state index contributed by atoms with van der Waals surface area (Å²) in [7, 11) is 4.05. The van der Waals surface area contributed by atoms with Gasteiger partial charge in [0, 0.05) is 12.3 Å². The first-order valence-electron chi connectivity index (χ1n) is 5.92. The lowest BCUT2D eigenvalue weighted by atomic mass is 10.2. The molecule has 0 aromatic heterocycles. The van der Waals surface area contributed by atoms with E-state index >= 15 is 0 Å². The van der Waals surface area contributed by atoms with Crippen molar-refractivity contribution in [2.24, 2.45) is 0 Å². The molecule has 4 nitrogen and oxygen atoms in total. The third-order valence-electron chi connectivity index (χ3n) is 2.49. The molecular formula is C13H21N3OS. The summed E-state index contributed by atoms with van der Waals surface area (Å²) in [6, 6.07) is 7.29. The van der Waals surface area contributed by atoms with Crippen LogP contribution in [0.15, 0.2) is 24.3 Å². The molecule has 5 heteroatoms. The lowest BCUT2D eigenvalue weighted by Gasteiger charge is -2.14. The van der Waals surface area contributed by atoms with Gasteiger partial charge in [0.1, 0.15) is 0 Å². The SMILES string of the molecule is CC(SCCN(C)C)C(=O)Nc1ccccc1N. The van der Waals surface area contributed by atoms with Crippen molar-refractivity contribution in [2.45, 2.75) is 12.2 Å². The number of nitrogens with zero attached hydrogens (tertiary/aromatic N) is 1. The summed E-state index contributed by atoms with van der Waals surface area (Å²) in [5.41, 5.74) is 7.06. The minimum absolute atomic E-state index is 0.00310. The predicted octanol–water partition coefficient (Wildman–Crippen LogP) is 1.89. The number of carbonyl (C=O) groups is 1. The number of nitrogens with one attached hydrogen (secondary N) is 1. The topological polar surface area (TPSA) is 58.4 Å². The van der Waals surface area contributed by atoms with Crippen molar-refractivity contribution in [2.75, 3.05) is 37.4 Å². The zero-order valence-electron chi connectivity index (χ0n) is 11.1. The van der Waals surface area contributed by atoms with Gasteiger partial charge in [0.15, 0.2) is 0 Å². The van der Waals surface area contributed by atoms with E-state index in [0.717, 1.165) is 12.3 Å². The summed E-state index contributed by atoms with van der Waals surface area (Å²) in [6.45, 7) is 2.88. The average Bonchev–Trinajstić information content (AvgIpc) is 2.31. The number of carbonyl (C=O) groups excluding carboxylic acids is 1. The first kappa shape index (κ1) is 14.9. The lowest BCUT2D eigenvalue weighted by Crippen LogP contribution is -2.25. The van der Waals surface area contributed by atoms with Crippen molar-refractivity contribution in [3.05, 3.63) is 24.3 Å². The average molecular weight is 267 g/mol. The highest BCUT2D eigenvalue weighted by atomic mass is 32.2. The number of nitrogens with two attached hydrogens (primary N) is 1. The van der Waals surface area contributed by atoms with E-state index in [9.17, 15) is 4.79 Å². The number of amides is 1. The van der Waals surface area contributed by atoms with E-state index in [2.05, 4.69) is 10.2 Å². The zero-order valence-corrected chi connectivity index (χ0v) is 12.0. The van der Waals surface area contributed by atoms with E-state index in [1.165, 1.54) is 0 Å². The molecule has 0 saturated heterocycles. The standard InChI is InChI=1S/C13H21N3OS/c1-10(18-9-8-16(2)3)13(17)15-12-7-5-4-6-11(12)14/h4-7,10H,8-9,14H2,1-3H3,(H,15,17). The summed E-state index contributed by atoms with van der Waals surface area (Å²) >= 11 is 1.64. The van der Waals surface area contributed by atoms with Gasteiger partial charge >= 0.3 is 0 Å². The number of thioether (sulfide) groups is 1. The number of hydrogen-bond acceptors (Lipinski definition) is 4. The first-order chi connectivity index (χ1) is 8.50. The Labute approximate surface area is 113 Å². The Morgan fingerprint density at radius 2 is 2.11 bits per heavy atom. The molecule has 1 rings (SSSR count). The Morgan fingerprint density at radius 1 is 1.44 bits per heavy atom. The van der Waals surface area contributed by atoms with Gasteiger partial charge in [0.2, 0.25) is 5.91 Å². The summed E-state index contributed by atoms with van der Waals surface area (Å²) in [4.78, 5) is 14.0. The zero-order chi connectivity index (χ0) is 13.5. The number of benzene rings is 1. The van der Waals surface area contributed by atoms with Gasteiger partial charge in [-0.15, -0.1) is 11.8 Å². The van der Waals surface area contributed by atoms with Crippen LogP contribution in [0.5, 0.6) is 0 Å². The van der Waals surface area contributed by atoms with Gasteiger partial charge in [-0.25, -0.2) is 0 Å². The Balaban J connectivity index is 2.43. The van der Waals surface area contributed by atoms with Gasteiger partial charge in [0.25, 0.3) is 0 Å². The maximum Gasteiger partial charge on any atom is 0.237 e. The van der Waals surface area contributed by atoms with Crippen molar-refractivity contribution < 1.29 is 4.79 Å². The summed E-state index contributed by atoms with van der Waals surface area (Å²) < 4.78 is 0. The highest BCUT2D eigenvalue weighted by molar-refractivity contribution is 8.00. The van der Waals surface area contributed by atoms with Crippen LogP contribution < -0.4 is 11.1 Å². The molecule has 1 aromatic carbocycles. The molecule has 0 bridgehead atoms. The van der Waals surface area contributed by atoms with Crippen LogP contribution >= 0.6 is 11.8 Å². The second-order valence-corrected chi connectivity index (χ2v) is 5.84. The number of anilines is 2. The number of rotatable bonds is 6. The first-order valence-corrected chi connectivity index (χ1v) is 6.97. The quantitative estimate of drug-likeness (QED) is 0.773. The van der Waals surface area contributed by atoms with Crippen LogP contribution in [0.4, 0.5) is 11.4 Å². The Bertz CT molecular complexity index is 396. The molecule has 0 radical (unpaired) electrons. The molecular weight excluding hydrogens is 246 g/mol. The van der Waals surface area contributed by atoms with Crippen molar-refractivity contribution >= 4 is 29.0 Å². The molecule has 0 aliphatic rings. The Morgan fingerprint density at radius 3 is 2.72 bits per heavy atom. The molecule has 0 heterocycles. The van der Waals surface area contributed by atoms with Gasteiger partial charge in [-0.2, -0.15) is 0 Å². The Hall–Kier alpha value is -1.20. The normalized spacial score (nSPS) is 12.4. The molecule has 1 atom stereocenters. The van der Waals surface area contributed by atoms with Gasteiger partial charge in [-0.05, 0) is 33.2 Å². The molecule has 0 spiro atoms. The van der Waals surface area contributed by atoms with Gasteiger partial charge in [0.05, 0.1) is 16.6 Å². The smallest absolute Gasteiger partial charge is 0.237 e. The second-order valence-electron chi connectivity index (χ2n) is 4.39. The molecule has 1 unspecified atom stereocenters. The number of para-hydroxylation sites is 2.